The van der Waals surface area contributed by atoms with Crippen LogP contribution in [0.4, 0.5) is 0 Å². The number of carboxylic acids is 1. The molecule has 1 aromatic heterocycles. The van der Waals surface area contributed by atoms with Gasteiger partial charge in [0.25, 0.3) is 0 Å². The maximum Gasteiger partial charge on any atom is 0.112 e. The lowest BCUT2D eigenvalue weighted by Gasteiger charge is -2.29. The molecule has 0 aliphatic rings. The van der Waals surface area contributed by atoms with Gasteiger partial charge in [0.2, 0.25) is 0 Å². The van der Waals surface area contributed by atoms with Crippen LogP contribution in [0.5, 0.6) is 0 Å². The molecule has 5 heteroatoms. The minimum Gasteiger partial charge on any atom is -0.550 e. The molecule has 0 saturated carbocycles. The van der Waals surface area contributed by atoms with Gasteiger partial charge in [-0.1, -0.05) is 6.07 Å². The van der Waals surface area contributed by atoms with E-state index in [4.69, 9.17) is 4.74 Å². The molecule has 0 radical (unpaired) electrons. The Bertz CT molecular complexity index is 374. The highest BCUT2D eigenvalue weighted by molar-refractivity contribution is 5.64. The van der Waals surface area contributed by atoms with Crippen LogP contribution in [0.1, 0.15) is 12.0 Å². The van der Waals surface area contributed by atoms with Crippen molar-refractivity contribution >= 4 is 5.97 Å². The zero-order chi connectivity index (χ0) is 13.6. The van der Waals surface area contributed by atoms with Gasteiger partial charge in [-0.3, -0.25) is 4.98 Å². The molecule has 18 heavy (non-hydrogen) atoms. The van der Waals surface area contributed by atoms with Gasteiger partial charge < -0.3 is 19.1 Å². The molecule has 0 N–H and O–H groups in total. The number of nitrogens with zero attached hydrogens (tertiary/aromatic N) is 2. The van der Waals surface area contributed by atoms with Gasteiger partial charge in [0.05, 0.1) is 27.7 Å². The Kier molecular flexibility index (Phi) is 5.25. The number of carbonyl (C=O) groups excluding carboxylic acids is 1. The lowest BCUT2D eigenvalue weighted by Crippen LogP contribution is -2.44. The minimum atomic E-state index is -1.08. The standard InChI is InChI=1S/C13H20N2O3/c1-15(2,3)9-12(7-13(16)17)18-10-11-5-4-6-14-8-11/h4-6,8,12H,7,9-10H2,1-3H3. The first-order valence-corrected chi connectivity index (χ1v) is 5.87. The Balaban J connectivity index is 2.53. The van der Waals surface area contributed by atoms with Crippen LogP contribution in [0.15, 0.2) is 24.5 Å². The molecular formula is C13H20N2O3. The average Bonchev–Trinajstić information content (AvgIpc) is 2.24. The summed E-state index contributed by atoms with van der Waals surface area (Å²) in [6, 6.07) is 3.72. The van der Waals surface area contributed by atoms with Crippen molar-refractivity contribution in [1.82, 2.24) is 4.98 Å². The predicted octanol–water partition coefficient (Wildman–Crippen LogP) is -0.187. The average molecular weight is 252 g/mol. The van der Waals surface area contributed by atoms with Crippen molar-refractivity contribution < 1.29 is 19.1 Å². The molecule has 0 aliphatic carbocycles. The number of hydrogen-bond acceptors (Lipinski definition) is 4. The zero-order valence-corrected chi connectivity index (χ0v) is 11.1. The molecule has 5 nitrogen and oxygen atoms in total. The number of likely N-dealkylation sites (N-methyl/N-ethyl adjacent to an activating group) is 1. The summed E-state index contributed by atoms with van der Waals surface area (Å²) >= 11 is 0. The second-order valence-electron chi connectivity index (χ2n) is 5.34. The van der Waals surface area contributed by atoms with Crippen LogP contribution >= 0.6 is 0 Å². The quantitative estimate of drug-likeness (QED) is 0.631. The van der Waals surface area contributed by atoms with E-state index in [0.717, 1.165) is 5.56 Å². The van der Waals surface area contributed by atoms with Crippen LogP contribution in [-0.2, 0) is 16.1 Å². The number of carboxylic acid groups (broad SMARTS) is 1. The van der Waals surface area contributed by atoms with E-state index in [0.29, 0.717) is 17.6 Å². The van der Waals surface area contributed by atoms with Crippen LogP contribution in [0, 0.1) is 0 Å². The van der Waals surface area contributed by atoms with Crippen molar-refractivity contribution in [3.63, 3.8) is 0 Å². The van der Waals surface area contributed by atoms with Crippen LogP contribution in [0.2, 0.25) is 0 Å². The molecule has 0 saturated heterocycles. The third-order valence-corrected chi connectivity index (χ3v) is 2.35. The molecule has 1 rings (SSSR count). The smallest absolute Gasteiger partial charge is 0.112 e. The van der Waals surface area contributed by atoms with E-state index in [2.05, 4.69) is 4.98 Å². The summed E-state index contributed by atoms with van der Waals surface area (Å²) in [7, 11) is 5.99. The van der Waals surface area contributed by atoms with Gasteiger partial charge in [0.15, 0.2) is 0 Å². The molecule has 1 aromatic rings. The maximum atomic E-state index is 10.7. The monoisotopic (exact) mass is 252 g/mol. The van der Waals surface area contributed by atoms with E-state index < -0.39 is 5.97 Å². The van der Waals surface area contributed by atoms with E-state index >= 15 is 0 Å². The first kappa shape index (κ1) is 14.6. The molecule has 1 atom stereocenters. The second kappa shape index (κ2) is 6.47. The summed E-state index contributed by atoms with van der Waals surface area (Å²) in [5.74, 6) is -1.08. The van der Waals surface area contributed by atoms with Gasteiger partial charge in [-0.25, -0.2) is 0 Å². The van der Waals surface area contributed by atoms with Crippen molar-refractivity contribution in [2.24, 2.45) is 0 Å². The van der Waals surface area contributed by atoms with Gasteiger partial charge in [-0.2, -0.15) is 0 Å². The number of aromatic nitrogens is 1. The van der Waals surface area contributed by atoms with Crippen LogP contribution in [0.25, 0.3) is 0 Å². The number of rotatable bonds is 7. The van der Waals surface area contributed by atoms with E-state index in [1.807, 2.05) is 33.3 Å². The van der Waals surface area contributed by atoms with Gasteiger partial charge in [-0.05, 0) is 11.6 Å². The lowest BCUT2D eigenvalue weighted by atomic mass is 10.2. The molecule has 0 aliphatic heterocycles. The fourth-order valence-electron chi connectivity index (χ4n) is 1.67. The van der Waals surface area contributed by atoms with Gasteiger partial charge in [0.1, 0.15) is 12.6 Å². The molecule has 0 amide bonds. The molecule has 0 aromatic carbocycles. The van der Waals surface area contributed by atoms with Crippen molar-refractivity contribution in [3.8, 4) is 0 Å². The molecule has 0 spiro atoms. The highest BCUT2D eigenvalue weighted by Crippen LogP contribution is 2.08. The van der Waals surface area contributed by atoms with Crippen LogP contribution in [0.3, 0.4) is 0 Å². The summed E-state index contributed by atoms with van der Waals surface area (Å²) in [5, 5.41) is 10.7. The highest BCUT2D eigenvalue weighted by atomic mass is 16.5. The molecule has 100 valence electrons. The first-order chi connectivity index (χ1) is 8.37. The maximum absolute atomic E-state index is 10.7. The molecule has 0 bridgehead atoms. The van der Waals surface area contributed by atoms with Gasteiger partial charge >= 0.3 is 0 Å². The summed E-state index contributed by atoms with van der Waals surface area (Å²) in [6.45, 7) is 0.986. The van der Waals surface area contributed by atoms with Crippen molar-refractivity contribution in [1.29, 1.82) is 0 Å². The third kappa shape index (κ3) is 6.32. The largest absolute Gasteiger partial charge is 0.550 e. The minimum absolute atomic E-state index is 0.0875. The Labute approximate surface area is 108 Å². The number of ether oxygens (including phenoxy) is 1. The highest BCUT2D eigenvalue weighted by Gasteiger charge is 2.19. The topological polar surface area (TPSA) is 62.2 Å². The summed E-state index contributed by atoms with van der Waals surface area (Å²) in [4.78, 5) is 14.7. The number of hydrogen-bond donors (Lipinski definition) is 0. The Morgan fingerprint density at radius 2 is 2.22 bits per heavy atom. The van der Waals surface area contributed by atoms with Crippen molar-refractivity contribution in [2.75, 3.05) is 27.7 Å². The van der Waals surface area contributed by atoms with Crippen molar-refractivity contribution in [2.45, 2.75) is 19.1 Å². The Hall–Kier alpha value is -1.46. The fraction of sp³-hybridized carbons (Fsp3) is 0.538. The third-order valence-electron chi connectivity index (χ3n) is 2.35. The van der Waals surface area contributed by atoms with E-state index in [1.54, 1.807) is 12.4 Å². The van der Waals surface area contributed by atoms with E-state index in [-0.39, 0.29) is 12.5 Å². The molecule has 0 fully saturated rings. The zero-order valence-electron chi connectivity index (χ0n) is 11.1. The number of quaternary nitrogens is 1. The summed E-state index contributed by atoms with van der Waals surface area (Å²) < 4.78 is 6.28. The van der Waals surface area contributed by atoms with E-state index in [9.17, 15) is 9.90 Å². The summed E-state index contributed by atoms with van der Waals surface area (Å²) in [5.41, 5.74) is 0.933. The Morgan fingerprint density at radius 3 is 2.72 bits per heavy atom. The fourth-order valence-corrected chi connectivity index (χ4v) is 1.67. The van der Waals surface area contributed by atoms with E-state index in [1.165, 1.54) is 0 Å². The van der Waals surface area contributed by atoms with Gasteiger partial charge in [0, 0.05) is 24.8 Å². The van der Waals surface area contributed by atoms with Crippen LogP contribution in [-0.4, -0.2) is 49.2 Å². The molecule has 1 heterocycles. The second-order valence-corrected chi connectivity index (χ2v) is 5.34. The van der Waals surface area contributed by atoms with Crippen LogP contribution < -0.4 is 5.11 Å². The predicted molar refractivity (Wildman–Crippen MR) is 65.3 cm³/mol. The van der Waals surface area contributed by atoms with Gasteiger partial charge in [-0.15, -0.1) is 0 Å². The molecular weight excluding hydrogens is 232 g/mol. The number of aliphatic carboxylic acids is 1. The number of pyridine rings is 1. The number of carbonyl (C=O) groups is 1. The Morgan fingerprint density at radius 1 is 1.50 bits per heavy atom. The normalized spacial score (nSPS) is 13.3. The lowest BCUT2D eigenvalue weighted by molar-refractivity contribution is -0.873. The SMILES string of the molecule is C[N+](C)(C)CC(CC(=O)[O-])OCc1cccnc1. The van der Waals surface area contributed by atoms with Crippen molar-refractivity contribution in [3.05, 3.63) is 30.1 Å². The summed E-state index contributed by atoms with van der Waals surface area (Å²) in [6.07, 6.45) is 2.96. The first-order valence-electron chi connectivity index (χ1n) is 5.87. The molecule has 1 unspecified atom stereocenters.